The third-order valence-electron chi connectivity index (χ3n) is 3.93. The van der Waals surface area contributed by atoms with Gasteiger partial charge in [-0.3, -0.25) is 4.98 Å². The third-order valence-corrected chi connectivity index (χ3v) is 3.93. The van der Waals surface area contributed by atoms with Gasteiger partial charge in [0.15, 0.2) is 0 Å². The van der Waals surface area contributed by atoms with Crippen molar-refractivity contribution in [2.45, 2.75) is 46.2 Å². The molecule has 1 aromatic rings. The van der Waals surface area contributed by atoms with Gasteiger partial charge in [-0.15, -0.1) is 0 Å². The van der Waals surface area contributed by atoms with Gasteiger partial charge in [-0.1, -0.05) is 0 Å². The van der Waals surface area contributed by atoms with E-state index in [1.54, 1.807) is 0 Å². The summed E-state index contributed by atoms with van der Waals surface area (Å²) in [6.07, 6.45) is 2.74. The van der Waals surface area contributed by atoms with Gasteiger partial charge < -0.3 is 10.6 Å². The lowest BCUT2D eigenvalue weighted by molar-refractivity contribution is 0.606. The molecule has 2 N–H and O–H groups in total. The minimum absolute atomic E-state index is 0.566. The molecule has 1 fully saturated rings. The fourth-order valence-corrected chi connectivity index (χ4v) is 2.52. The molecule has 2 rings (SSSR count). The van der Waals surface area contributed by atoms with Crippen molar-refractivity contribution in [3.8, 4) is 0 Å². The summed E-state index contributed by atoms with van der Waals surface area (Å²) in [6.45, 7) is 6.97. The topological polar surface area (TPSA) is 42.1 Å². The van der Waals surface area contributed by atoms with Crippen LogP contribution in [0.15, 0.2) is 6.07 Å². The van der Waals surface area contributed by atoms with E-state index in [1.165, 1.54) is 24.1 Å². The van der Waals surface area contributed by atoms with E-state index in [0.29, 0.717) is 12.6 Å². The molecule has 0 saturated heterocycles. The van der Waals surface area contributed by atoms with Crippen molar-refractivity contribution in [3.63, 3.8) is 0 Å². The van der Waals surface area contributed by atoms with E-state index >= 15 is 0 Å². The Morgan fingerprint density at radius 3 is 2.65 bits per heavy atom. The third kappa shape index (κ3) is 2.44. The summed E-state index contributed by atoms with van der Waals surface area (Å²) in [7, 11) is 2.18. The normalized spacial score (nSPS) is 17.0. The van der Waals surface area contributed by atoms with Crippen LogP contribution in [0.5, 0.6) is 0 Å². The lowest BCUT2D eigenvalue weighted by atomic mass is 10.1. The van der Waals surface area contributed by atoms with E-state index in [-0.39, 0.29) is 0 Å². The maximum atomic E-state index is 5.86. The standard InChI is InChI=1S/C14H23N3/c1-9-7-14(13(8-15)10(2)16-9)17(4)11(3)12-5-6-12/h7,11-12H,5-6,8,15H2,1-4H3. The molecule has 0 aromatic carbocycles. The molecule has 1 saturated carbocycles. The van der Waals surface area contributed by atoms with Gasteiger partial charge in [0.05, 0.1) is 0 Å². The SMILES string of the molecule is Cc1cc(N(C)C(C)C2CC2)c(CN)c(C)n1. The van der Waals surface area contributed by atoms with Crippen molar-refractivity contribution in [3.05, 3.63) is 23.0 Å². The Bertz CT molecular complexity index is 410. The maximum Gasteiger partial charge on any atom is 0.0448 e. The van der Waals surface area contributed by atoms with Crippen molar-refractivity contribution in [1.29, 1.82) is 0 Å². The Morgan fingerprint density at radius 2 is 2.12 bits per heavy atom. The molecule has 0 radical (unpaired) electrons. The predicted molar refractivity (Wildman–Crippen MR) is 72.2 cm³/mol. The first-order valence-corrected chi connectivity index (χ1v) is 6.44. The Hall–Kier alpha value is -1.09. The number of pyridine rings is 1. The fraction of sp³-hybridized carbons (Fsp3) is 0.643. The maximum absolute atomic E-state index is 5.86. The molecule has 17 heavy (non-hydrogen) atoms. The Labute approximate surface area is 104 Å². The molecule has 0 bridgehead atoms. The molecule has 1 heterocycles. The van der Waals surface area contributed by atoms with Gasteiger partial charge in [0.25, 0.3) is 0 Å². The summed E-state index contributed by atoms with van der Waals surface area (Å²) in [4.78, 5) is 6.88. The molecule has 3 heteroatoms. The van der Waals surface area contributed by atoms with Crippen molar-refractivity contribution in [2.75, 3.05) is 11.9 Å². The van der Waals surface area contributed by atoms with Crippen LogP contribution in [0.2, 0.25) is 0 Å². The molecule has 1 aliphatic carbocycles. The number of nitrogens with zero attached hydrogens (tertiary/aromatic N) is 2. The van der Waals surface area contributed by atoms with Gasteiger partial charge in [-0.05, 0) is 45.6 Å². The molecule has 3 nitrogen and oxygen atoms in total. The van der Waals surface area contributed by atoms with Crippen molar-refractivity contribution < 1.29 is 0 Å². The summed E-state index contributed by atoms with van der Waals surface area (Å²) in [5, 5.41) is 0. The fourth-order valence-electron chi connectivity index (χ4n) is 2.52. The molecule has 1 atom stereocenters. The molecule has 1 unspecified atom stereocenters. The summed E-state index contributed by atoms with van der Waals surface area (Å²) >= 11 is 0. The molecule has 94 valence electrons. The van der Waals surface area contributed by atoms with Crippen LogP contribution in [0, 0.1) is 19.8 Å². The average Bonchev–Trinajstić information content (AvgIpc) is 3.10. The minimum Gasteiger partial charge on any atom is -0.371 e. The highest BCUT2D eigenvalue weighted by atomic mass is 15.1. The second-order valence-corrected chi connectivity index (χ2v) is 5.24. The number of anilines is 1. The van der Waals surface area contributed by atoms with Gasteiger partial charge in [0.2, 0.25) is 0 Å². The van der Waals surface area contributed by atoms with Crippen LogP contribution in [0.4, 0.5) is 5.69 Å². The second kappa shape index (κ2) is 4.65. The molecule has 0 spiro atoms. The first-order chi connectivity index (χ1) is 8.04. The summed E-state index contributed by atoms with van der Waals surface area (Å²) in [5.74, 6) is 0.861. The second-order valence-electron chi connectivity index (χ2n) is 5.24. The molecule has 0 aliphatic heterocycles. The van der Waals surface area contributed by atoms with E-state index in [0.717, 1.165) is 17.3 Å². The quantitative estimate of drug-likeness (QED) is 0.868. The summed E-state index contributed by atoms with van der Waals surface area (Å²) < 4.78 is 0. The number of aromatic nitrogens is 1. The summed E-state index contributed by atoms with van der Waals surface area (Å²) in [6, 6.07) is 2.76. The number of hydrogen-bond acceptors (Lipinski definition) is 3. The van der Waals surface area contributed by atoms with Crippen LogP contribution in [0.3, 0.4) is 0 Å². The first kappa shape index (κ1) is 12.4. The zero-order valence-corrected chi connectivity index (χ0v) is 11.3. The number of rotatable bonds is 4. The van der Waals surface area contributed by atoms with Gasteiger partial charge in [-0.25, -0.2) is 0 Å². The van der Waals surface area contributed by atoms with Crippen LogP contribution in [0.1, 0.15) is 36.7 Å². The Balaban J connectivity index is 2.35. The molecular weight excluding hydrogens is 210 g/mol. The van der Waals surface area contributed by atoms with Crippen LogP contribution in [-0.4, -0.2) is 18.1 Å². The number of hydrogen-bond donors (Lipinski definition) is 1. The van der Waals surface area contributed by atoms with Gasteiger partial charge in [0.1, 0.15) is 0 Å². The van der Waals surface area contributed by atoms with Gasteiger partial charge >= 0.3 is 0 Å². The van der Waals surface area contributed by atoms with Crippen molar-refractivity contribution in [2.24, 2.45) is 11.7 Å². The predicted octanol–water partition coefficient (Wildman–Crippen LogP) is 2.39. The van der Waals surface area contributed by atoms with E-state index in [4.69, 9.17) is 5.73 Å². The van der Waals surface area contributed by atoms with E-state index < -0.39 is 0 Å². The van der Waals surface area contributed by atoms with E-state index in [1.807, 2.05) is 13.8 Å². The Morgan fingerprint density at radius 1 is 1.47 bits per heavy atom. The zero-order chi connectivity index (χ0) is 12.6. The smallest absolute Gasteiger partial charge is 0.0448 e. The minimum atomic E-state index is 0.566. The van der Waals surface area contributed by atoms with Crippen LogP contribution in [-0.2, 0) is 6.54 Å². The largest absolute Gasteiger partial charge is 0.371 e. The number of aryl methyl sites for hydroxylation is 2. The Kier molecular flexibility index (Phi) is 3.38. The highest BCUT2D eigenvalue weighted by Crippen LogP contribution is 2.37. The van der Waals surface area contributed by atoms with Crippen molar-refractivity contribution >= 4 is 5.69 Å². The zero-order valence-electron chi connectivity index (χ0n) is 11.3. The van der Waals surface area contributed by atoms with Gasteiger partial charge in [-0.2, -0.15) is 0 Å². The lowest BCUT2D eigenvalue weighted by Crippen LogP contribution is -2.32. The van der Waals surface area contributed by atoms with E-state index in [2.05, 4.69) is 29.9 Å². The lowest BCUT2D eigenvalue weighted by Gasteiger charge is -2.29. The monoisotopic (exact) mass is 233 g/mol. The van der Waals surface area contributed by atoms with E-state index in [9.17, 15) is 0 Å². The van der Waals surface area contributed by atoms with Crippen LogP contribution < -0.4 is 10.6 Å². The van der Waals surface area contributed by atoms with Gasteiger partial charge in [0, 0.05) is 42.3 Å². The molecule has 1 aromatic heterocycles. The number of nitrogens with two attached hydrogens (primary N) is 1. The average molecular weight is 233 g/mol. The molecule has 0 amide bonds. The summed E-state index contributed by atoms with van der Waals surface area (Å²) in [5.41, 5.74) is 10.5. The van der Waals surface area contributed by atoms with Crippen LogP contribution >= 0.6 is 0 Å². The highest BCUT2D eigenvalue weighted by Gasteiger charge is 2.31. The molecular formula is C14H23N3. The van der Waals surface area contributed by atoms with Crippen LogP contribution in [0.25, 0.3) is 0 Å². The highest BCUT2D eigenvalue weighted by molar-refractivity contribution is 5.56. The van der Waals surface area contributed by atoms with Crippen molar-refractivity contribution in [1.82, 2.24) is 4.98 Å². The first-order valence-electron chi connectivity index (χ1n) is 6.44. The molecule has 1 aliphatic rings.